The van der Waals surface area contributed by atoms with Crippen LogP contribution in [0, 0.1) is 6.92 Å². The molecule has 176 valence electrons. The van der Waals surface area contributed by atoms with Crippen molar-refractivity contribution in [2.24, 2.45) is 0 Å². The summed E-state index contributed by atoms with van der Waals surface area (Å²) in [4.78, 5) is 9.95. The SMILES string of the molecule is Cc1nn(CCc2nc(-c3ccc(Br)cc3)cs2)c2nc(-c3cccs3)cc(C(F)(F)F)c12.[Br-]. The molecular weight excluding hydrogens is 613 g/mol. The number of nitrogens with zero attached hydrogens (tertiary/aromatic N) is 4. The van der Waals surface area contributed by atoms with Gasteiger partial charge in [-0.3, -0.25) is 0 Å². The number of rotatable bonds is 5. The van der Waals surface area contributed by atoms with Crippen LogP contribution in [0.25, 0.3) is 32.9 Å². The number of pyridine rings is 1. The molecule has 0 amide bonds. The number of hydrogen-bond donors (Lipinski definition) is 0. The zero-order chi connectivity index (χ0) is 23.2. The fourth-order valence-corrected chi connectivity index (χ4v) is 5.41. The van der Waals surface area contributed by atoms with Crippen molar-refractivity contribution < 1.29 is 30.2 Å². The molecule has 0 radical (unpaired) electrons. The second-order valence-electron chi connectivity index (χ2n) is 7.42. The van der Waals surface area contributed by atoms with Gasteiger partial charge in [-0.25, -0.2) is 14.6 Å². The number of hydrogen-bond acceptors (Lipinski definition) is 5. The first-order valence-electron chi connectivity index (χ1n) is 9.99. The molecule has 0 bridgehead atoms. The van der Waals surface area contributed by atoms with Crippen molar-refractivity contribution in [2.45, 2.75) is 26.1 Å². The van der Waals surface area contributed by atoms with Gasteiger partial charge in [-0.05, 0) is 36.6 Å². The summed E-state index contributed by atoms with van der Waals surface area (Å²) in [6.45, 7) is 1.98. The number of thiophene rings is 1. The Kier molecular flexibility index (Phi) is 7.28. The molecule has 34 heavy (non-hydrogen) atoms. The lowest BCUT2D eigenvalue weighted by Gasteiger charge is -2.11. The maximum Gasteiger partial charge on any atom is 0.417 e. The molecular formula is C23H16Br2F3N4S2-. The Morgan fingerprint density at radius 1 is 1.03 bits per heavy atom. The van der Waals surface area contributed by atoms with Gasteiger partial charge in [0.25, 0.3) is 0 Å². The summed E-state index contributed by atoms with van der Waals surface area (Å²) in [5.74, 6) is 0. The van der Waals surface area contributed by atoms with Gasteiger partial charge in [0.05, 0.1) is 37.9 Å². The Bertz CT molecular complexity index is 1430. The minimum atomic E-state index is -4.50. The zero-order valence-corrected chi connectivity index (χ0v) is 22.4. The topological polar surface area (TPSA) is 43.6 Å². The highest BCUT2D eigenvalue weighted by Crippen LogP contribution is 2.39. The molecule has 4 nitrogen and oxygen atoms in total. The van der Waals surface area contributed by atoms with Crippen LogP contribution in [-0.4, -0.2) is 19.7 Å². The van der Waals surface area contributed by atoms with Crippen LogP contribution < -0.4 is 17.0 Å². The van der Waals surface area contributed by atoms with Crippen LogP contribution >= 0.6 is 38.6 Å². The molecule has 0 aliphatic rings. The van der Waals surface area contributed by atoms with E-state index in [-0.39, 0.29) is 28.0 Å². The van der Waals surface area contributed by atoms with E-state index >= 15 is 0 Å². The molecule has 11 heteroatoms. The first-order valence-corrected chi connectivity index (χ1v) is 12.5. The van der Waals surface area contributed by atoms with Crippen LogP contribution in [0.15, 0.2) is 57.7 Å². The first kappa shape index (κ1) is 25.0. The van der Waals surface area contributed by atoms with Crippen LogP contribution in [0.3, 0.4) is 0 Å². The Morgan fingerprint density at radius 3 is 2.47 bits per heavy atom. The van der Waals surface area contributed by atoms with Gasteiger partial charge in [-0.2, -0.15) is 18.3 Å². The Hall–Kier alpha value is -2.08. The normalized spacial score (nSPS) is 11.7. The van der Waals surface area contributed by atoms with Gasteiger partial charge < -0.3 is 17.0 Å². The average Bonchev–Trinajstić information content (AvgIpc) is 3.53. The van der Waals surface area contributed by atoms with Gasteiger partial charge in [0, 0.05) is 28.4 Å². The number of aromatic nitrogens is 4. The summed E-state index contributed by atoms with van der Waals surface area (Å²) in [5, 5.41) is 9.16. The minimum absolute atomic E-state index is 0. The minimum Gasteiger partial charge on any atom is -1.00 e. The Balaban J connectivity index is 0.00000274. The summed E-state index contributed by atoms with van der Waals surface area (Å²) in [6.07, 6.45) is -3.95. The van der Waals surface area contributed by atoms with Crippen LogP contribution in [0.5, 0.6) is 0 Å². The average molecular weight is 629 g/mol. The Labute approximate surface area is 220 Å². The summed E-state index contributed by atoms with van der Waals surface area (Å²) in [5.41, 5.74) is 2.05. The summed E-state index contributed by atoms with van der Waals surface area (Å²) < 4.78 is 44.3. The van der Waals surface area contributed by atoms with E-state index in [1.54, 1.807) is 23.7 Å². The van der Waals surface area contributed by atoms with Gasteiger partial charge in [-0.1, -0.05) is 34.1 Å². The van der Waals surface area contributed by atoms with Crippen molar-refractivity contribution in [3.63, 3.8) is 0 Å². The maximum atomic E-state index is 13.9. The van der Waals surface area contributed by atoms with E-state index < -0.39 is 11.7 Å². The van der Waals surface area contributed by atoms with Gasteiger partial charge in [-0.15, -0.1) is 22.7 Å². The van der Waals surface area contributed by atoms with Crippen LogP contribution in [0.1, 0.15) is 16.3 Å². The van der Waals surface area contributed by atoms with Gasteiger partial charge in [0.1, 0.15) is 0 Å². The molecule has 0 saturated heterocycles. The monoisotopic (exact) mass is 627 g/mol. The number of benzene rings is 1. The zero-order valence-electron chi connectivity index (χ0n) is 17.6. The molecule has 0 aliphatic carbocycles. The van der Waals surface area contributed by atoms with Crippen LogP contribution in [0.4, 0.5) is 13.2 Å². The highest BCUT2D eigenvalue weighted by atomic mass is 79.9. The lowest BCUT2D eigenvalue weighted by Crippen LogP contribution is -3.00. The molecule has 0 atom stereocenters. The molecule has 0 N–H and O–H groups in total. The predicted molar refractivity (Wildman–Crippen MR) is 130 cm³/mol. The van der Waals surface area contributed by atoms with Crippen molar-refractivity contribution in [1.29, 1.82) is 0 Å². The van der Waals surface area contributed by atoms with E-state index in [2.05, 4.69) is 26.0 Å². The largest absolute Gasteiger partial charge is 1.00 e. The van der Waals surface area contributed by atoms with Crippen LogP contribution in [0.2, 0.25) is 0 Å². The lowest BCUT2D eigenvalue weighted by molar-refractivity contribution is -0.136. The van der Waals surface area contributed by atoms with Crippen molar-refractivity contribution in [1.82, 2.24) is 19.7 Å². The number of alkyl halides is 3. The quantitative estimate of drug-likeness (QED) is 0.285. The third kappa shape index (κ3) is 4.98. The molecule has 1 aromatic carbocycles. The summed E-state index contributed by atoms with van der Waals surface area (Å²) >= 11 is 6.31. The second-order valence-corrected chi connectivity index (χ2v) is 10.2. The lowest BCUT2D eigenvalue weighted by atomic mass is 10.1. The second kappa shape index (κ2) is 9.88. The third-order valence-electron chi connectivity index (χ3n) is 5.19. The summed E-state index contributed by atoms with van der Waals surface area (Å²) in [6, 6.07) is 12.6. The van der Waals surface area contributed by atoms with E-state index in [0.29, 0.717) is 29.2 Å². The molecule has 4 heterocycles. The smallest absolute Gasteiger partial charge is 0.417 e. The van der Waals surface area contributed by atoms with Crippen molar-refractivity contribution in [3.8, 4) is 21.8 Å². The molecule has 4 aromatic heterocycles. The summed E-state index contributed by atoms with van der Waals surface area (Å²) in [7, 11) is 0. The fraction of sp³-hybridized carbons (Fsp3) is 0.174. The fourth-order valence-electron chi connectivity index (χ4n) is 3.66. The van der Waals surface area contributed by atoms with Crippen molar-refractivity contribution in [3.05, 3.63) is 74.0 Å². The standard InChI is InChI=1S/C23H16BrF3N4S2.BrH/c1-13-21-16(23(25,26)27)11-17(19-3-2-10-32-19)29-22(21)31(30-13)9-8-20-28-18(12-33-20)14-4-6-15(24)7-5-14;/h2-7,10-12H,8-9H2,1H3;1H/p-1. The molecule has 5 rings (SSSR count). The van der Waals surface area contributed by atoms with E-state index in [0.717, 1.165) is 26.8 Å². The van der Waals surface area contributed by atoms with Crippen molar-refractivity contribution >= 4 is 49.6 Å². The predicted octanol–water partition coefficient (Wildman–Crippen LogP) is 4.62. The van der Waals surface area contributed by atoms with Gasteiger partial charge >= 0.3 is 6.18 Å². The highest BCUT2D eigenvalue weighted by molar-refractivity contribution is 9.10. The molecule has 0 fully saturated rings. The van der Waals surface area contributed by atoms with Crippen LogP contribution in [-0.2, 0) is 19.1 Å². The molecule has 0 aliphatic heterocycles. The molecule has 0 unspecified atom stereocenters. The first-order chi connectivity index (χ1) is 15.8. The number of thiazole rings is 1. The van der Waals surface area contributed by atoms with Gasteiger partial charge in [0.2, 0.25) is 0 Å². The van der Waals surface area contributed by atoms with Gasteiger partial charge in [0.15, 0.2) is 5.65 Å². The molecule has 0 spiro atoms. The Morgan fingerprint density at radius 2 is 1.79 bits per heavy atom. The number of halogens is 5. The van der Waals surface area contributed by atoms with E-state index in [9.17, 15) is 13.2 Å². The van der Waals surface area contributed by atoms with E-state index in [1.807, 2.05) is 35.0 Å². The van der Waals surface area contributed by atoms with Crippen molar-refractivity contribution in [2.75, 3.05) is 0 Å². The number of fused-ring (bicyclic) bond motifs is 1. The highest BCUT2D eigenvalue weighted by Gasteiger charge is 2.35. The number of aryl methyl sites for hydroxylation is 3. The molecule has 0 saturated carbocycles. The third-order valence-corrected chi connectivity index (χ3v) is 7.52. The molecule has 5 aromatic rings. The van der Waals surface area contributed by atoms with E-state index in [4.69, 9.17) is 4.98 Å². The maximum absolute atomic E-state index is 13.9. The van der Waals surface area contributed by atoms with E-state index in [1.165, 1.54) is 22.7 Å².